The molecule has 0 N–H and O–H groups in total. The van der Waals surface area contributed by atoms with E-state index in [0.717, 1.165) is 84.9 Å². The van der Waals surface area contributed by atoms with Gasteiger partial charge in [0.05, 0.1) is 36.2 Å². The van der Waals surface area contributed by atoms with Crippen LogP contribution in [0.4, 0.5) is 0 Å². The number of thiophene rings is 2. The molecule has 0 bridgehead atoms. The van der Waals surface area contributed by atoms with Crippen molar-refractivity contribution in [3.8, 4) is 32.8 Å². The van der Waals surface area contributed by atoms with Gasteiger partial charge in [0.1, 0.15) is 0 Å². The summed E-state index contributed by atoms with van der Waals surface area (Å²) in [5.74, 6) is 3.59. The van der Waals surface area contributed by atoms with Gasteiger partial charge in [-0.05, 0) is 25.7 Å². The molecule has 0 saturated heterocycles. The maximum atomic E-state index is 6.57. The predicted molar refractivity (Wildman–Crippen MR) is 203 cm³/mol. The van der Waals surface area contributed by atoms with Crippen molar-refractivity contribution in [3.63, 3.8) is 0 Å². The first-order chi connectivity index (χ1) is 22.8. The van der Waals surface area contributed by atoms with Crippen LogP contribution in [0.15, 0.2) is 10.8 Å². The van der Waals surface area contributed by atoms with Crippen LogP contribution < -0.4 is 18.9 Å². The molecule has 0 saturated carbocycles. The van der Waals surface area contributed by atoms with Crippen LogP contribution in [0.3, 0.4) is 0 Å². The molecule has 0 fully saturated rings. The average molecular weight is 679 g/mol. The molecule has 266 valence electrons. The van der Waals surface area contributed by atoms with Crippen molar-refractivity contribution in [3.05, 3.63) is 10.8 Å². The first-order valence-corrected chi connectivity index (χ1v) is 21.3. The van der Waals surface area contributed by atoms with Gasteiger partial charge in [0, 0.05) is 10.8 Å². The van der Waals surface area contributed by atoms with Gasteiger partial charge in [-0.25, -0.2) is 0 Å². The van der Waals surface area contributed by atoms with Crippen LogP contribution in [0.5, 0.6) is 23.0 Å². The van der Waals surface area contributed by atoms with Crippen LogP contribution in [0.25, 0.3) is 9.75 Å². The highest BCUT2D eigenvalue weighted by molar-refractivity contribution is 7.21. The van der Waals surface area contributed by atoms with Crippen LogP contribution >= 0.6 is 22.7 Å². The molecule has 0 radical (unpaired) electrons. The van der Waals surface area contributed by atoms with Gasteiger partial charge in [0.25, 0.3) is 0 Å². The summed E-state index contributed by atoms with van der Waals surface area (Å²) in [5, 5.41) is 4.30. The minimum absolute atomic E-state index is 0.726. The topological polar surface area (TPSA) is 36.9 Å². The van der Waals surface area contributed by atoms with Crippen molar-refractivity contribution in [1.29, 1.82) is 0 Å². The molecule has 2 aromatic heterocycles. The monoisotopic (exact) mass is 678 g/mol. The summed E-state index contributed by atoms with van der Waals surface area (Å²) in [6.45, 7) is 12.0. The van der Waals surface area contributed by atoms with E-state index in [2.05, 4.69) is 38.5 Å². The zero-order valence-corrected chi connectivity index (χ0v) is 32.0. The summed E-state index contributed by atoms with van der Waals surface area (Å²) in [5.41, 5.74) is 0. The van der Waals surface area contributed by atoms with E-state index in [1.54, 1.807) is 22.7 Å². The number of ether oxygens (including phenoxy) is 4. The lowest BCUT2D eigenvalue weighted by molar-refractivity contribution is 0.259. The molecular formula is C40H70O4S2. The number of hydrogen-bond acceptors (Lipinski definition) is 6. The maximum Gasteiger partial charge on any atom is 0.180 e. The Morgan fingerprint density at radius 1 is 0.348 bits per heavy atom. The zero-order chi connectivity index (χ0) is 32.9. The van der Waals surface area contributed by atoms with Crippen molar-refractivity contribution in [2.24, 2.45) is 0 Å². The fraction of sp³-hybridized carbons (Fsp3) is 0.800. The van der Waals surface area contributed by atoms with Crippen molar-refractivity contribution >= 4 is 22.7 Å². The Balaban J connectivity index is 2.13. The number of unbranched alkanes of at least 4 members (excludes halogenated alkanes) is 20. The van der Waals surface area contributed by atoms with E-state index < -0.39 is 0 Å². The molecule has 2 aromatic rings. The third-order valence-corrected chi connectivity index (χ3v) is 10.7. The first-order valence-electron chi connectivity index (χ1n) is 19.5. The molecule has 0 amide bonds. The summed E-state index contributed by atoms with van der Waals surface area (Å²) in [4.78, 5) is 2.25. The van der Waals surface area contributed by atoms with Crippen molar-refractivity contribution in [1.82, 2.24) is 0 Å². The van der Waals surface area contributed by atoms with E-state index in [1.165, 1.54) is 128 Å². The Morgan fingerprint density at radius 2 is 0.609 bits per heavy atom. The number of hydrogen-bond donors (Lipinski definition) is 0. The summed E-state index contributed by atoms with van der Waals surface area (Å²) < 4.78 is 25.9. The zero-order valence-electron chi connectivity index (χ0n) is 30.4. The molecule has 46 heavy (non-hydrogen) atoms. The molecule has 0 aliphatic heterocycles. The summed E-state index contributed by atoms with van der Waals surface area (Å²) in [7, 11) is 0. The predicted octanol–water partition coefficient (Wildman–Crippen LogP) is 14.4. The average Bonchev–Trinajstić information content (AvgIpc) is 3.66. The molecule has 0 unspecified atom stereocenters. The van der Waals surface area contributed by atoms with Crippen molar-refractivity contribution in [2.75, 3.05) is 26.4 Å². The SMILES string of the molecule is CCCCCCCCOc1csc(-c2scc(OCCCCCCCC)c2OCCCCCCCC)c1OCCCCCCCC. The summed E-state index contributed by atoms with van der Waals surface area (Å²) in [6, 6.07) is 0. The van der Waals surface area contributed by atoms with Gasteiger partial charge < -0.3 is 18.9 Å². The third-order valence-electron chi connectivity index (χ3n) is 8.63. The van der Waals surface area contributed by atoms with Gasteiger partial charge in [-0.3, -0.25) is 0 Å². The second-order valence-electron chi connectivity index (χ2n) is 13.0. The van der Waals surface area contributed by atoms with E-state index in [0.29, 0.717) is 0 Å². The minimum atomic E-state index is 0.726. The van der Waals surface area contributed by atoms with E-state index in [9.17, 15) is 0 Å². The van der Waals surface area contributed by atoms with Gasteiger partial charge in [0.2, 0.25) is 0 Å². The van der Waals surface area contributed by atoms with Crippen LogP contribution in [0.2, 0.25) is 0 Å². The third kappa shape index (κ3) is 17.7. The quantitative estimate of drug-likeness (QED) is 0.0704. The van der Waals surface area contributed by atoms with Crippen LogP contribution in [0.1, 0.15) is 182 Å². The Hall–Kier alpha value is -1.40. The molecule has 0 aliphatic rings. The van der Waals surface area contributed by atoms with Crippen LogP contribution in [0, 0.1) is 0 Å². The molecule has 2 rings (SSSR count). The summed E-state index contributed by atoms with van der Waals surface area (Å²) >= 11 is 3.45. The van der Waals surface area contributed by atoms with Crippen molar-refractivity contribution < 1.29 is 18.9 Å². The highest BCUT2D eigenvalue weighted by Gasteiger charge is 2.24. The Labute approximate surface area is 292 Å². The second kappa shape index (κ2) is 28.6. The minimum Gasteiger partial charge on any atom is -0.489 e. The van der Waals surface area contributed by atoms with Crippen LogP contribution in [-0.4, -0.2) is 26.4 Å². The van der Waals surface area contributed by atoms with E-state index >= 15 is 0 Å². The molecule has 0 atom stereocenters. The summed E-state index contributed by atoms with van der Waals surface area (Å²) in [6.07, 6.45) is 30.1. The molecule has 2 heterocycles. The highest BCUT2D eigenvalue weighted by atomic mass is 32.1. The normalized spacial score (nSPS) is 11.3. The van der Waals surface area contributed by atoms with E-state index in [1.807, 2.05) is 0 Å². The van der Waals surface area contributed by atoms with Gasteiger partial charge in [0.15, 0.2) is 23.0 Å². The lowest BCUT2D eigenvalue weighted by Gasteiger charge is -2.14. The van der Waals surface area contributed by atoms with Gasteiger partial charge in [-0.15, -0.1) is 22.7 Å². The van der Waals surface area contributed by atoms with E-state index in [4.69, 9.17) is 18.9 Å². The lowest BCUT2D eigenvalue weighted by Crippen LogP contribution is -2.03. The van der Waals surface area contributed by atoms with Gasteiger partial charge >= 0.3 is 0 Å². The van der Waals surface area contributed by atoms with E-state index in [-0.39, 0.29) is 0 Å². The van der Waals surface area contributed by atoms with Crippen molar-refractivity contribution in [2.45, 2.75) is 182 Å². The Bertz CT molecular complexity index is 877. The van der Waals surface area contributed by atoms with Gasteiger partial charge in [-0.2, -0.15) is 0 Å². The Kier molecular flexibility index (Phi) is 25.3. The van der Waals surface area contributed by atoms with Crippen LogP contribution in [-0.2, 0) is 0 Å². The Morgan fingerprint density at radius 3 is 0.913 bits per heavy atom. The molecule has 4 nitrogen and oxygen atoms in total. The highest BCUT2D eigenvalue weighted by Crippen LogP contribution is 2.53. The number of rotatable bonds is 33. The fourth-order valence-corrected chi connectivity index (χ4v) is 7.71. The van der Waals surface area contributed by atoms with Gasteiger partial charge in [-0.1, -0.05) is 156 Å². The largest absolute Gasteiger partial charge is 0.489 e. The lowest BCUT2D eigenvalue weighted by atomic mass is 10.1. The smallest absolute Gasteiger partial charge is 0.180 e. The molecule has 0 aromatic carbocycles. The standard InChI is InChI=1S/C40H70O4S2/c1-5-9-13-17-21-25-29-41-35-33-45-39(37(35)43-31-27-23-19-15-11-7-3)40-38(44-32-28-24-20-16-12-8-4)36(34-46-40)42-30-26-22-18-14-10-6-2/h33-34H,5-32H2,1-4H3. The molecule has 0 aliphatic carbocycles. The second-order valence-corrected chi connectivity index (χ2v) is 14.7. The fourth-order valence-electron chi connectivity index (χ4n) is 5.69. The molecular weight excluding hydrogens is 609 g/mol. The molecule has 0 spiro atoms. The molecule has 6 heteroatoms. The first kappa shape index (κ1) is 40.8. The maximum absolute atomic E-state index is 6.57.